The molecule has 1 unspecified atom stereocenters. The molecular formula is C13H9BrF2N2O3S. The van der Waals surface area contributed by atoms with E-state index in [1.54, 1.807) is 0 Å². The molecule has 3 rings (SSSR count). The molecule has 1 aromatic rings. The van der Waals surface area contributed by atoms with Gasteiger partial charge in [-0.3, -0.25) is 14.4 Å². The molecular weight excluding hydrogens is 382 g/mol. The highest BCUT2D eigenvalue weighted by molar-refractivity contribution is 9.10. The maximum absolute atomic E-state index is 13.6. The summed E-state index contributed by atoms with van der Waals surface area (Å²) in [4.78, 5) is 37.2. The normalized spacial score (nSPS) is 21.6. The van der Waals surface area contributed by atoms with Crippen LogP contribution in [0, 0.1) is 5.82 Å². The number of piperidine rings is 1. The Morgan fingerprint density at radius 1 is 1.27 bits per heavy atom. The van der Waals surface area contributed by atoms with Crippen LogP contribution in [0.4, 0.5) is 8.28 Å². The van der Waals surface area contributed by atoms with E-state index >= 15 is 0 Å². The summed E-state index contributed by atoms with van der Waals surface area (Å²) in [5.74, 6) is -2.44. The Morgan fingerprint density at radius 3 is 2.68 bits per heavy atom. The molecule has 1 saturated heterocycles. The zero-order chi connectivity index (χ0) is 16.0. The molecule has 22 heavy (non-hydrogen) atoms. The fourth-order valence-corrected chi connectivity index (χ4v) is 3.43. The maximum atomic E-state index is 13.6. The van der Waals surface area contributed by atoms with Gasteiger partial charge in [-0.15, -0.1) is 3.89 Å². The van der Waals surface area contributed by atoms with Gasteiger partial charge in [0.25, 0.3) is 11.8 Å². The minimum Gasteiger partial charge on any atom is -0.322 e. The molecule has 0 spiro atoms. The van der Waals surface area contributed by atoms with Gasteiger partial charge in [-0.05, 0) is 40.0 Å². The van der Waals surface area contributed by atoms with Gasteiger partial charge in [-0.25, -0.2) is 4.39 Å². The summed E-state index contributed by atoms with van der Waals surface area (Å²) >= 11 is 2.59. The number of carbonyl (C=O) groups is 3. The van der Waals surface area contributed by atoms with Crippen molar-refractivity contribution in [1.29, 1.82) is 0 Å². The molecule has 0 saturated carbocycles. The first-order valence-electron chi connectivity index (χ1n) is 6.38. The van der Waals surface area contributed by atoms with Crippen molar-refractivity contribution in [3.8, 4) is 0 Å². The predicted octanol–water partition coefficient (Wildman–Crippen LogP) is 2.59. The van der Waals surface area contributed by atoms with Gasteiger partial charge in [0.1, 0.15) is 11.9 Å². The second kappa shape index (κ2) is 5.62. The molecule has 9 heteroatoms. The summed E-state index contributed by atoms with van der Waals surface area (Å²) in [5.41, 5.74) is 0.771. The molecule has 2 aliphatic rings. The molecule has 2 heterocycles. The molecule has 1 fully saturated rings. The van der Waals surface area contributed by atoms with Crippen LogP contribution in [0.1, 0.15) is 28.8 Å². The van der Waals surface area contributed by atoms with Gasteiger partial charge in [0, 0.05) is 18.5 Å². The van der Waals surface area contributed by atoms with Crippen molar-refractivity contribution in [1.82, 2.24) is 9.21 Å². The molecule has 116 valence electrons. The van der Waals surface area contributed by atoms with Crippen LogP contribution in [0.2, 0.25) is 0 Å². The van der Waals surface area contributed by atoms with Gasteiger partial charge in [0.2, 0.25) is 5.91 Å². The Bertz CT molecular complexity index is 700. The van der Waals surface area contributed by atoms with Crippen LogP contribution in [0.3, 0.4) is 0 Å². The molecule has 3 amide bonds. The number of halogens is 3. The molecule has 5 nitrogen and oxygen atoms in total. The Kier molecular flexibility index (Phi) is 3.94. The third kappa shape index (κ3) is 2.32. The molecule has 0 N–H and O–H groups in total. The number of hydrogen-bond acceptors (Lipinski definition) is 4. The highest BCUT2D eigenvalue weighted by Crippen LogP contribution is 2.33. The molecule has 0 aliphatic carbocycles. The van der Waals surface area contributed by atoms with E-state index in [-0.39, 0.29) is 29.4 Å². The van der Waals surface area contributed by atoms with Crippen LogP contribution in [-0.4, -0.2) is 33.0 Å². The monoisotopic (exact) mass is 390 g/mol. The summed E-state index contributed by atoms with van der Waals surface area (Å²) in [6.07, 6.45) is 0.115. The minimum atomic E-state index is -0.914. The number of amides is 3. The summed E-state index contributed by atoms with van der Waals surface area (Å²) in [6.45, 7) is 0.127. The third-order valence-electron chi connectivity index (χ3n) is 3.77. The number of imide groups is 1. The third-order valence-corrected chi connectivity index (χ3v) is 4.90. The minimum absolute atomic E-state index is 0.0223. The summed E-state index contributed by atoms with van der Waals surface area (Å²) in [6, 6.07) is 1.69. The van der Waals surface area contributed by atoms with Crippen molar-refractivity contribution in [3.05, 3.63) is 33.5 Å². The van der Waals surface area contributed by atoms with E-state index in [1.165, 1.54) is 11.0 Å². The smallest absolute Gasteiger partial charge is 0.264 e. The average Bonchev–Trinajstić information content (AvgIpc) is 2.77. The van der Waals surface area contributed by atoms with Gasteiger partial charge in [-0.1, -0.05) is 0 Å². The lowest BCUT2D eigenvalue weighted by atomic mass is 10.0. The molecule has 0 bridgehead atoms. The SMILES string of the molecule is O=C1CCC(N2Cc3cc(Br)c(F)cc3C2=O)C(=O)N1SF. The average molecular weight is 391 g/mol. The van der Waals surface area contributed by atoms with Crippen LogP contribution in [0.25, 0.3) is 0 Å². The number of hydrogen-bond donors (Lipinski definition) is 0. The summed E-state index contributed by atoms with van der Waals surface area (Å²) in [7, 11) is 0. The Hall–Kier alpha value is -1.48. The van der Waals surface area contributed by atoms with Crippen molar-refractivity contribution in [2.75, 3.05) is 0 Å². The summed E-state index contributed by atoms with van der Waals surface area (Å²) < 4.78 is 27.0. The Labute approximate surface area is 137 Å². The van der Waals surface area contributed by atoms with Crippen molar-refractivity contribution in [3.63, 3.8) is 0 Å². The molecule has 1 atom stereocenters. The zero-order valence-corrected chi connectivity index (χ0v) is 13.4. The van der Waals surface area contributed by atoms with E-state index in [0.717, 1.165) is 6.07 Å². The quantitative estimate of drug-likeness (QED) is 0.575. The van der Waals surface area contributed by atoms with Gasteiger partial charge in [-0.2, -0.15) is 4.31 Å². The highest BCUT2D eigenvalue weighted by atomic mass is 79.9. The van der Waals surface area contributed by atoms with E-state index in [9.17, 15) is 22.7 Å². The second-order valence-corrected chi connectivity index (χ2v) is 6.36. The van der Waals surface area contributed by atoms with Crippen molar-refractivity contribution < 1.29 is 22.7 Å². The van der Waals surface area contributed by atoms with Gasteiger partial charge < -0.3 is 4.90 Å². The van der Waals surface area contributed by atoms with E-state index in [1.807, 2.05) is 0 Å². The lowest BCUT2D eigenvalue weighted by Crippen LogP contribution is -2.51. The topological polar surface area (TPSA) is 57.7 Å². The number of benzene rings is 1. The van der Waals surface area contributed by atoms with Crippen molar-refractivity contribution in [2.45, 2.75) is 25.4 Å². The van der Waals surface area contributed by atoms with Gasteiger partial charge >= 0.3 is 0 Å². The number of nitrogens with zero attached hydrogens (tertiary/aromatic N) is 2. The Morgan fingerprint density at radius 2 is 2.00 bits per heavy atom. The fourth-order valence-electron chi connectivity index (χ4n) is 2.68. The Balaban J connectivity index is 1.90. The predicted molar refractivity (Wildman–Crippen MR) is 77.5 cm³/mol. The van der Waals surface area contributed by atoms with E-state index in [4.69, 9.17) is 0 Å². The molecule has 0 radical (unpaired) electrons. The maximum Gasteiger partial charge on any atom is 0.264 e. The number of rotatable bonds is 2. The van der Waals surface area contributed by atoms with Crippen molar-refractivity contribution in [2.24, 2.45) is 0 Å². The van der Waals surface area contributed by atoms with Crippen LogP contribution < -0.4 is 0 Å². The number of fused-ring (bicyclic) bond motifs is 1. The zero-order valence-electron chi connectivity index (χ0n) is 11.0. The van der Waals surface area contributed by atoms with Crippen molar-refractivity contribution >= 4 is 46.0 Å². The van der Waals surface area contributed by atoms with Gasteiger partial charge in [0.05, 0.1) is 4.47 Å². The van der Waals surface area contributed by atoms with Gasteiger partial charge in [0.15, 0.2) is 12.3 Å². The van der Waals surface area contributed by atoms with Crippen LogP contribution in [0.5, 0.6) is 0 Å². The molecule has 0 aromatic heterocycles. The first kappa shape index (κ1) is 15.4. The molecule has 2 aliphatic heterocycles. The first-order chi connectivity index (χ1) is 10.4. The standard InChI is InChI=1S/C13H9BrF2N2O3S/c14-8-3-6-5-17(12(20)7(6)4-9(8)15)10-1-2-11(19)18(22-16)13(10)21/h3-4,10H,1-2,5H2. The lowest BCUT2D eigenvalue weighted by molar-refractivity contribution is -0.145. The molecule has 1 aromatic carbocycles. The lowest BCUT2D eigenvalue weighted by Gasteiger charge is -2.32. The first-order valence-corrected chi connectivity index (χ1v) is 7.85. The van der Waals surface area contributed by atoms with E-state index in [0.29, 0.717) is 9.87 Å². The highest BCUT2D eigenvalue weighted by Gasteiger charge is 2.43. The van der Waals surface area contributed by atoms with Crippen LogP contribution in [0.15, 0.2) is 16.6 Å². The number of carbonyl (C=O) groups excluding carboxylic acids is 3. The van der Waals surface area contributed by atoms with Crippen LogP contribution in [-0.2, 0) is 16.1 Å². The van der Waals surface area contributed by atoms with Crippen LogP contribution >= 0.6 is 28.3 Å². The second-order valence-electron chi connectivity index (χ2n) is 5.01. The fraction of sp³-hybridized carbons (Fsp3) is 0.308. The van der Waals surface area contributed by atoms with E-state index < -0.39 is 41.9 Å². The van der Waals surface area contributed by atoms with E-state index in [2.05, 4.69) is 15.9 Å². The largest absolute Gasteiger partial charge is 0.322 e. The summed E-state index contributed by atoms with van der Waals surface area (Å²) in [5, 5.41) is 0.